The summed E-state index contributed by atoms with van der Waals surface area (Å²) < 4.78 is 0. The molecule has 0 aliphatic rings. The first kappa shape index (κ1) is 9.44. The molecule has 14 heavy (non-hydrogen) atoms. The number of hydrogen-bond acceptors (Lipinski definition) is 2. The average molecular weight is 207 g/mol. The number of rotatable bonds is 1. The van der Waals surface area contributed by atoms with Crippen LogP contribution in [0.15, 0.2) is 30.3 Å². The van der Waals surface area contributed by atoms with Crippen LogP contribution in [-0.2, 0) is 0 Å². The molecular formula is C11H11ClN2. The zero-order valence-corrected chi connectivity index (χ0v) is 8.62. The van der Waals surface area contributed by atoms with Gasteiger partial charge in [0.15, 0.2) is 0 Å². The lowest BCUT2D eigenvalue weighted by atomic mass is 10.1. The van der Waals surface area contributed by atoms with Crippen molar-refractivity contribution >= 4 is 22.5 Å². The largest absolute Gasteiger partial charge is 0.323 e. The Hall–Kier alpha value is -1.12. The van der Waals surface area contributed by atoms with Gasteiger partial charge in [-0.05, 0) is 19.1 Å². The molecule has 1 unspecified atom stereocenters. The third kappa shape index (κ3) is 1.59. The summed E-state index contributed by atoms with van der Waals surface area (Å²) in [6, 6.07) is 9.60. The topological polar surface area (TPSA) is 38.9 Å². The van der Waals surface area contributed by atoms with Crippen LogP contribution < -0.4 is 5.73 Å². The van der Waals surface area contributed by atoms with Crippen molar-refractivity contribution in [2.45, 2.75) is 13.0 Å². The van der Waals surface area contributed by atoms with E-state index in [-0.39, 0.29) is 6.04 Å². The van der Waals surface area contributed by atoms with Gasteiger partial charge >= 0.3 is 0 Å². The molecule has 0 fully saturated rings. The predicted molar refractivity (Wildman–Crippen MR) is 59.4 cm³/mol. The highest BCUT2D eigenvalue weighted by Gasteiger charge is 2.04. The van der Waals surface area contributed by atoms with Gasteiger partial charge in [-0.1, -0.05) is 29.8 Å². The molecule has 0 aliphatic carbocycles. The predicted octanol–water partition coefficient (Wildman–Crippen LogP) is 2.91. The lowest BCUT2D eigenvalue weighted by molar-refractivity contribution is 0.787. The Balaban J connectivity index is 2.70. The third-order valence-electron chi connectivity index (χ3n) is 2.16. The van der Waals surface area contributed by atoms with E-state index < -0.39 is 0 Å². The summed E-state index contributed by atoms with van der Waals surface area (Å²) in [5.74, 6) is 0. The molecule has 2 rings (SSSR count). The SMILES string of the molecule is CC(N)c1ccc2cccc(Cl)c2n1. The summed E-state index contributed by atoms with van der Waals surface area (Å²) in [5.41, 5.74) is 7.44. The summed E-state index contributed by atoms with van der Waals surface area (Å²) >= 11 is 6.03. The van der Waals surface area contributed by atoms with E-state index in [4.69, 9.17) is 17.3 Å². The summed E-state index contributed by atoms with van der Waals surface area (Å²) in [6.07, 6.45) is 0. The molecule has 1 aromatic heterocycles. The van der Waals surface area contributed by atoms with E-state index in [0.717, 1.165) is 16.6 Å². The van der Waals surface area contributed by atoms with Gasteiger partial charge in [-0.2, -0.15) is 0 Å². The van der Waals surface area contributed by atoms with E-state index in [0.29, 0.717) is 5.02 Å². The maximum Gasteiger partial charge on any atom is 0.0892 e. The van der Waals surface area contributed by atoms with Gasteiger partial charge < -0.3 is 5.73 Å². The fraction of sp³-hybridized carbons (Fsp3) is 0.182. The van der Waals surface area contributed by atoms with Gasteiger partial charge in [0.1, 0.15) is 0 Å². The zero-order valence-electron chi connectivity index (χ0n) is 7.87. The van der Waals surface area contributed by atoms with Crippen molar-refractivity contribution in [3.8, 4) is 0 Å². The number of hydrogen-bond donors (Lipinski definition) is 1. The van der Waals surface area contributed by atoms with Crippen LogP contribution in [0.5, 0.6) is 0 Å². The highest BCUT2D eigenvalue weighted by atomic mass is 35.5. The second kappa shape index (κ2) is 3.56. The summed E-state index contributed by atoms with van der Waals surface area (Å²) in [4.78, 5) is 4.42. The van der Waals surface area contributed by atoms with Crippen molar-refractivity contribution in [1.29, 1.82) is 0 Å². The highest BCUT2D eigenvalue weighted by Crippen LogP contribution is 2.22. The molecule has 0 saturated carbocycles. The van der Waals surface area contributed by atoms with Crippen molar-refractivity contribution in [2.75, 3.05) is 0 Å². The lowest BCUT2D eigenvalue weighted by Crippen LogP contribution is -2.06. The van der Waals surface area contributed by atoms with E-state index in [2.05, 4.69) is 4.98 Å². The maximum absolute atomic E-state index is 6.03. The van der Waals surface area contributed by atoms with Gasteiger partial charge in [0.25, 0.3) is 0 Å². The number of aromatic nitrogens is 1. The molecule has 1 aromatic carbocycles. The Morgan fingerprint density at radius 3 is 2.79 bits per heavy atom. The second-order valence-electron chi connectivity index (χ2n) is 3.34. The first-order valence-corrected chi connectivity index (χ1v) is 4.87. The van der Waals surface area contributed by atoms with Crippen LogP contribution in [0.1, 0.15) is 18.7 Å². The Morgan fingerprint density at radius 1 is 1.29 bits per heavy atom. The zero-order chi connectivity index (χ0) is 10.1. The molecule has 2 nitrogen and oxygen atoms in total. The van der Waals surface area contributed by atoms with Crippen molar-refractivity contribution in [3.05, 3.63) is 41.0 Å². The van der Waals surface area contributed by atoms with Crippen molar-refractivity contribution in [1.82, 2.24) is 4.98 Å². The normalized spacial score (nSPS) is 13.1. The maximum atomic E-state index is 6.03. The fourth-order valence-corrected chi connectivity index (χ4v) is 1.60. The molecule has 72 valence electrons. The number of halogens is 1. The molecule has 0 amide bonds. The van der Waals surface area contributed by atoms with Crippen LogP contribution >= 0.6 is 11.6 Å². The molecule has 0 radical (unpaired) electrons. The Labute approximate surface area is 87.7 Å². The molecule has 0 aliphatic heterocycles. The standard InChI is InChI=1S/C11H11ClN2/c1-7(13)10-6-5-8-3-2-4-9(12)11(8)14-10/h2-7H,13H2,1H3. The number of nitrogens with zero attached hydrogens (tertiary/aromatic N) is 1. The van der Waals surface area contributed by atoms with E-state index in [1.165, 1.54) is 0 Å². The minimum absolute atomic E-state index is 0.0596. The summed E-state index contributed by atoms with van der Waals surface area (Å²) in [5, 5.41) is 1.71. The van der Waals surface area contributed by atoms with Gasteiger partial charge in [-0.15, -0.1) is 0 Å². The second-order valence-corrected chi connectivity index (χ2v) is 3.74. The van der Waals surface area contributed by atoms with E-state index >= 15 is 0 Å². The third-order valence-corrected chi connectivity index (χ3v) is 2.46. The van der Waals surface area contributed by atoms with Crippen molar-refractivity contribution < 1.29 is 0 Å². The van der Waals surface area contributed by atoms with Crippen LogP contribution in [0.3, 0.4) is 0 Å². The monoisotopic (exact) mass is 206 g/mol. The number of fused-ring (bicyclic) bond motifs is 1. The van der Waals surface area contributed by atoms with Gasteiger partial charge in [0.2, 0.25) is 0 Å². The first-order valence-electron chi connectivity index (χ1n) is 4.49. The molecule has 1 atom stereocenters. The van der Waals surface area contributed by atoms with E-state index in [1.807, 2.05) is 37.3 Å². The molecule has 2 N–H and O–H groups in total. The van der Waals surface area contributed by atoms with Gasteiger partial charge in [0, 0.05) is 11.4 Å². The van der Waals surface area contributed by atoms with Crippen molar-refractivity contribution in [3.63, 3.8) is 0 Å². The number of para-hydroxylation sites is 1. The van der Waals surface area contributed by atoms with Gasteiger partial charge in [-0.25, -0.2) is 4.98 Å². The van der Waals surface area contributed by atoms with Gasteiger partial charge in [-0.3, -0.25) is 0 Å². The Kier molecular flexibility index (Phi) is 2.40. The molecule has 3 heteroatoms. The number of pyridine rings is 1. The van der Waals surface area contributed by atoms with Gasteiger partial charge in [0.05, 0.1) is 16.2 Å². The van der Waals surface area contributed by atoms with E-state index in [1.54, 1.807) is 0 Å². The Bertz CT molecular complexity index is 466. The number of benzene rings is 1. The molecular weight excluding hydrogens is 196 g/mol. The Morgan fingerprint density at radius 2 is 2.07 bits per heavy atom. The van der Waals surface area contributed by atoms with Crippen LogP contribution in [0.4, 0.5) is 0 Å². The lowest BCUT2D eigenvalue weighted by Gasteiger charge is -2.06. The average Bonchev–Trinajstić information content (AvgIpc) is 2.18. The minimum atomic E-state index is -0.0596. The molecule has 0 saturated heterocycles. The molecule has 0 bridgehead atoms. The molecule has 0 spiro atoms. The smallest absolute Gasteiger partial charge is 0.0892 e. The minimum Gasteiger partial charge on any atom is -0.323 e. The molecule has 1 heterocycles. The van der Waals surface area contributed by atoms with Crippen LogP contribution in [0.2, 0.25) is 5.02 Å². The van der Waals surface area contributed by atoms with Crippen molar-refractivity contribution in [2.24, 2.45) is 5.73 Å². The highest BCUT2D eigenvalue weighted by molar-refractivity contribution is 6.35. The molecule has 2 aromatic rings. The van der Waals surface area contributed by atoms with Crippen LogP contribution in [-0.4, -0.2) is 4.98 Å². The van der Waals surface area contributed by atoms with E-state index in [9.17, 15) is 0 Å². The van der Waals surface area contributed by atoms with Crippen LogP contribution in [0, 0.1) is 0 Å². The fourth-order valence-electron chi connectivity index (χ4n) is 1.38. The summed E-state index contributed by atoms with van der Waals surface area (Å²) in [7, 11) is 0. The first-order chi connectivity index (χ1) is 6.68. The summed E-state index contributed by atoms with van der Waals surface area (Å²) in [6.45, 7) is 1.91. The quantitative estimate of drug-likeness (QED) is 0.779. The van der Waals surface area contributed by atoms with Crippen LogP contribution in [0.25, 0.3) is 10.9 Å². The number of nitrogens with two attached hydrogens (primary N) is 1.